The molecular weight excluding hydrogens is 206 g/mol. The van der Waals surface area contributed by atoms with Crippen molar-refractivity contribution in [3.8, 4) is 0 Å². The predicted molar refractivity (Wildman–Crippen MR) is 58.3 cm³/mol. The number of halogens is 1. The Morgan fingerprint density at radius 2 is 2.31 bits per heavy atom. The van der Waals surface area contributed by atoms with Crippen LogP contribution < -0.4 is 5.73 Å². The maximum atomic E-state index is 8.84. The molecule has 4 heteroatoms. The van der Waals surface area contributed by atoms with Gasteiger partial charge in [-0.3, -0.25) is 0 Å². The molecule has 1 aromatic carbocycles. The Morgan fingerprint density at radius 1 is 1.62 bits per heavy atom. The highest BCUT2D eigenvalue weighted by atomic mass is 35.5. The van der Waals surface area contributed by atoms with Gasteiger partial charge >= 0.3 is 0 Å². The average Bonchev–Trinajstić information content (AvgIpc) is 2.11. The lowest BCUT2D eigenvalue weighted by atomic mass is 10.3. The lowest BCUT2D eigenvalue weighted by Crippen LogP contribution is -2.01. The molecule has 0 bridgehead atoms. The summed E-state index contributed by atoms with van der Waals surface area (Å²) < 4.78 is 0. The van der Waals surface area contributed by atoms with Crippen molar-refractivity contribution in [2.24, 2.45) is 0 Å². The number of anilines is 1. The van der Waals surface area contributed by atoms with Crippen LogP contribution in [0.4, 0.5) is 5.69 Å². The fourth-order valence-electron chi connectivity index (χ4n) is 0.851. The molecule has 0 saturated heterocycles. The van der Waals surface area contributed by atoms with E-state index in [0.717, 1.165) is 4.90 Å². The molecule has 0 saturated carbocycles. The van der Waals surface area contributed by atoms with E-state index in [1.165, 1.54) is 0 Å². The van der Waals surface area contributed by atoms with Crippen LogP contribution in [-0.4, -0.2) is 17.0 Å². The van der Waals surface area contributed by atoms with Gasteiger partial charge in [0.15, 0.2) is 0 Å². The van der Waals surface area contributed by atoms with E-state index in [4.69, 9.17) is 22.4 Å². The van der Waals surface area contributed by atoms with Crippen LogP contribution in [-0.2, 0) is 0 Å². The molecule has 0 aliphatic heterocycles. The summed E-state index contributed by atoms with van der Waals surface area (Å²) in [6.07, 6.45) is 0. The zero-order valence-corrected chi connectivity index (χ0v) is 8.90. The van der Waals surface area contributed by atoms with E-state index in [-0.39, 0.29) is 11.9 Å². The Bertz CT molecular complexity index is 293. The smallest absolute Gasteiger partial charge is 0.0646 e. The number of aliphatic hydroxyl groups is 1. The number of benzene rings is 1. The van der Waals surface area contributed by atoms with Crippen LogP contribution in [0.5, 0.6) is 0 Å². The second kappa shape index (κ2) is 4.74. The van der Waals surface area contributed by atoms with Crippen molar-refractivity contribution >= 4 is 29.1 Å². The van der Waals surface area contributed by atoms with Crippen molar-refractivity contribution in [3.63, 3.8) is 0 Å². The van der Waals surface area contributed by atoms with Crippen molar-refractivity contribution in [2.75, 3.05) is 12.3 Å². The minimum atomic E-state index is 0.159. The van der Waals surface area contributed by atoms with Crippen molar-refractivity contribution in [1.29, 1.82) is 0 Å². The molecule has 0 amide bonds. The van der Waals surface area contributed by atoms with Crippen molar-refractivity contribution in [1.82, 2.24) is 0 Å². The molecule has 1 aromatic rings. The number of thioether (sulfide) groups is 1. The Morgan fingerprint density at radius 3 is 2.85 bits per heavy atom. The highest BCUT2D eigenvalue weighted by molar-refractivity contribution is 8.00. The van der Waals surface area contributed by atoms with Gasteiger partial charge in [-0.25, -0.2) is 0 Å². The summed E-state index contributed by atoms with van der Waals surface area (Å²) in [7, 11) is 0. The molecule has 13 heavy (non-hydrogen) atoms. The van der Waals surface area contributed by atoms with E-state index in [2.05, 4.69) is 0 Å². The standard InChI is InChI=1S/C9H12ClNOS/c1-6(5-12)13-7-2-3-9(11)8(10)4-7/h2-4,6,12H,5,11H2,1H3. The number of hydrogen-bond donors (Lipinski definition) is 2. The van der Waals surface area contributed by atoms with E-state index >= 15 is 0 Å². The maximum absolute atomic E-state index is 8.84. The zero-order valence-electron chi connectivity index (χ0n) is 7.33. The number of nitrogens with two attached hydrogens (primary N) is 1. The van der Waals surface area contributed by atoms with E-state index in [0.29, 0.717) is 10.7 Å². The number of aliphatic hydroxyl groups excluding tert-OH is 1. The number of hydrogen-bond acceptors (Lipinski definition) is 3. The molecule has 0 heterocycles. The topological polar surface area (TPSA) is 46.2 Å². The normalized spacial score (nSPS) is 12.8. The number of nitrogen functional groups attached to an aromatic ring is 1. The minimum Gasteiger partial charge on any atom is -0.398 e. The Hall–Kier alpha value is -0.380. The van der Waals surface area contributed by atoms with Crippen LogP contribution >= 0.6 is 23.4 Å². The second-order valence-corrected chi connectivity index (χ2v) is 4.71. The molecular formula is C9H12ClNOS. The third kappa shape index (κ3) is 3.10. The maximum Gasteiger partial charge on any atom is 0.0646 e. The fraction of sp³-hybridized carbons (Fsp3) is 0.333. The first-order valence-corrected chi connectivity index (χ1v) is 5.21. The lowest BCUT2D eigenvalue weighted by molar-refractivity contribution is 0.300. The molecule has 72 valence electrons. The molecule has 0 fully saturated rings. The summed E-state index contributed by atoms with van der Waals surface area (Å²) in [5.41, 5.74) is 6.15. The summed E-state index contributed by atoms with van der Waals surface area (Å²) in [4.78, 5) is 1.03. The van der Waals surface area contributed by atoms with E-state index < -0.39 is 0 Å². The zero-order chi connectivity index (χ0) is 9.84. The predicted octanol–water partition coefficient (Wildman–Crippen LogP) is 2.40. The molecule has 0 spiro atoms. The Labute approximate surface area is 87.1 Å². The average molecular weight is 218 g/mol. The largest absolute Gasteiger partial charge is 0.398 e. The van der Waals surface area contributed by atoms with Crippen LogP contribution in [0.25, 0.3) is 0 Å². The number of rotatable bonds is 3. The fourth-order valence-corrected chi connectivity index (χ4v) is 1.97. The van der Waals surface area contributed by atoms with Gasteiger partial charge in [-0.05, 0) is 18.2 Å². The van der Waals surface area contributed by atoms with Crippen LogP contribution in [0.2, 0.25) is 5.02 Å². The van der Waals surface area contributed by atoms with Crippen LogP contribution in [0.15, 0.2) is 23.1 Å². The van der Waals surface area contributed by atoms with Crippen molar-refractivity contribution in [2.45, 2.75) is 17.1 Å². The van der Waals surface area contributed by atoms with Gasteiger partial charge in [0, 0.05) is 10.1 Å². The van der Waals surface area contributed by atoms with E-state index in [1.54, 1.807) is 17.8 Å². The summed E-state index contributed by atoms with van der Waals surface area (Å²) in [6, 6.07) is 5.49. The van der Waals surface area contributed by atoms with Gasteiger partial charge in [-0.1, -0.05) is 18.5 Å². The highest BCUT2D eigenvalue weighted by Gasteiger charge is 2.04. The molecule has 1 unspecified atom stereocenters. The highest BCUT2D eigenvalue weighted by Crippen LogP contribution is 2.28. The van der Waals surface area contributed by atoms with Crippen LogP contribution in [0.1, 0.15) is 6.92 Å². The van der Waals surface area contributed by atoms with Gasteiger partial charge < -0.3 is 10.8 Å². The molecule has 0 radical (unpaired) electrons. The Balaban J connectivity index is 2.73. The third-order valence-electron chi connectivity index (χ3n) is 1.57. The third-order valence-corrected chi connectivity index (χ3v) is 2.97. The molecule has 2 nitrogen and oxygen atoms in total. The van der Waals surface area contributed by atoms with Gasteiger partial charge in [-0.2, -0.15) is 0 Å². The molecule has 3 N–H and O–H groups in total. The van der Waals surface area contributed by atoms with Gasteiger partial charge in [0.05, 0.1) is 17.3 Å². The van der Waals surface area contributed by atoms with Gasteiger partial charge in [0.2, 0.25) is 0 Å². The summed E-state index contributed by atoms with van der Waals surface area (Å²) >= 11 is 7.42. The quantitative estimate of drug-likeness (QED) is 0.604. The lowest BCUT2D eigenvalue weighted by Gasteiger charge is -2.08. The SMILES string of the molecule is CC(CO)Sc1ccc(N)c(Cl)c1. The van der Waals surface area contributed by atoms with Gasteiger partial charge in [0.1, 0.15) is 0 Å². The first-order chi connectivity index (χ1) is 6.13. The molecule has 0 aliphatic carbocycles. The second-order valence-electron chi connectivity index (χ2n) is 2.79. The van der Waals surface area contributed by atoms with Crippen molar-refractivity contribution in [3.05, 3.63) is 23.2 Å². The minimum absolute atomic E-state index is 0.159. The summed E-state index contributed by atoms with van der Waals surface area (Å²) in [5, 5.41) is 9.59. The summed E-state index contributed by atoms with van der Waals surface area (Å²) in [6.45, 7) is 2.11. The van der Waals surface area contributed by atoms with E-state index in [9.17, 15) is 0 Å². The monoisotopic (exact) mass is 217 g/mol. The van der Waals surface area contributed by atoms with Gasteiger partial charge in [-0.15, -0.1) is 11.8 Å². The molecule has 0 aliphatic rings. The van der Waals surface area contributed by atoms with Crippen molar-refractivity contribution < 1.29 is 5.11 Å². The van der Waals surface area contributed by atoms with E-state index in [1.807, 2.05) is 19.1 Å². The first kappa shape index (κ1) is 10.7. The Kier molecular flexibility index (Phi) is 3.90. The molecule has 1 rings (SSSR count). The van der Waals surface area contributed by atoms with Crippen LogP contribution in [0.3, 0.4) is 0 Å². The molecule has 1 atom stereocenters. The summed E-state index contributed by atoms with van der Waals surface area (Å²) in [5.74, 6) is 0. The first-order valence-electron chi connectivity index (χ1n) is 3.96. The van der Waals surface area contributed by atoms with Gasteiger partial charge in [0.25, 0.3) is 0 Å². The molecule has 0 aromatic heterocycles. The van der Waals surface area contributed by atoms with Crippen LogP contribution in [0, 0.1) is 0 Å².